The number of amides is 1. The third-order valence-corrected chi connectivity index (χ3v) is 4.42. The maximum Gasteiger partial charge on any atom is 0.256 e. The Kier molecular flexibility index (Phi) is 6.27. The topological polar surface area (TPSA) is 47.6 Å². The van der Waals surface area contributed by atoms with Crippen molar-refractivity contribution < 1.29 is 14.3 Å². The number of nitrogens with one attached hydrogen (secondary N) is 1. The number of hydrogen-bond donors (Lipinski definition) is 1. The fraction of sp³-hybridized carbons (Fsp3) is 0.650. The van der Waals surface area contributed by atoms with Gasteiger partial charge in [-0.1, -0.05) is 20.8 Å². The molecule has 4 nitrogen and oxygen atoms in total. The van der Waals surface area contributed by atoms with Crippen LogP contribution in [0.1, 0.15) is 52.5 Å². The van der Waals surface area contributed by atoms with E-state index in [1.54, 1.807) is 0 Å². The predicted octanol–water partition coefficient (Wildman–Crippen LogP) is 4.56. The second-order valence-corrected chi connectivity index (χ2v) is 7.37. The zero-order valence-corrected chi connectivity index (χ0v) is 15.6. The molecule has 1 aromatic rings. The van der Waals surface area contributed by atoms with E-state index in [1.165, 1.54) is 0 Å². The van der Waals surface area contributed by atoms with E-state index in [0.29, 0.717) is 25.0 Å². The summed E-state index contributed by atoms with van der Waals surface area (Å²) in [4.78, 5) is 12.8. The van der Waals surface area contributed by atoms with Crippen LogP contribution >= 0.6 is 0 Å². The van der Waals surface area contributed by atoms with Crippen LogP contribution in [0, 0.1) is 18.8 Å². The summed E-state index contributed by atoms with van der Waals surface area (Å²) >= 11 is 0. The third kappa shape index (κ3) is 4.73. The highest BCUT2D eigenvalue weighted by atomic mass is 16.5. The summed E-state index contributed by atoms with van der Waals surface area (Å²) in [5.74, 6) is 1.64. The Bertz CT molecular complexity index is 566. The maximum absolute atomic E-state index is 12.8. The van der Waals surface area contributed by atoms with E-state index in [4.69, 9.17) is 9.47 Å². The molecule has 0 radical (unpaired) electrons. The van der Waals surface area contributed by atoms with Crippen molar-refractivity contribution in [3.63, 3.8) is 0 Å². The van der Waals surface area contributed by atoms with Crippen molar-refractivity contribution in [2.75, 3.05) is 18.5 Å². The van der Waals surface area contributed by atoms with Gasteiger partial charge in [-0.05, 0) is 68.7 Å². The zero-order chi connectivity index (χ0) is 17.7. The summed E-state index contributed by atoms with van der Waals surface area (Å²) in [6.07, 6.45) is 3.04. The van der Waals surface area contributed by atoms with Crippen LogP contribution in [0.3, 0.4) is 0 Å². The maximum atomic E-state index is 12.8. The van der Waals surface area contributed by atoms with E-state index in [0.717, 1.165) is 36.3 Å². The van der Waals surface area contributed by atoms with Crippen molar-refractivity contribution in [3.8, 4) is 5.75 Å². The van der Waals surface area contributed by atoms with Crippen molar-refractivity contribution in [2.24, 2.45) is 11.8 Å². The van der Waals surface area contributed by atoms with Crippen molar-refractivity contribution in [3.05, 3.63) is 23.8 Å². The standard InChI is InChI=1S/C20H31NO3/c1-6-11-24-20(5,16-7-8-16)19(22)21-17-9-10-18(15(4)12-17)23-13-14(2)3/h9-10,12,14,16H,6-8,11,13H2,1-5H3,(H,21,22). The monoisotopic (exact) mass is 333 g/mol. The molecule has 4 heteroatoms. The van der Waals surface area contributed by atoms with Crippen LogP contribution in [0.15, 0.2) is 18.2 Å². The van der Waals surface area contributed by atoms with E-state index in [2.05, 4.69) is 26.1 Å². The summed E-state index contributed by atoms with van der Waals surface area (Å²) in [6.45, 7) is 11.5. The van der Waals surface area contributed by atoms with Crippen LogP contribution in [0.5, 0.6) is 5.75 Å². The summed E-state index contributed by atoms with van der Waals surface area (Å²) in [5.41, 5.74) is 1.09. The number of carbonyl (C=O) groups excluding carboxylic acids is 1. The van der Waals surface area contributed by atoms with Gasteiger partial charge < -0.3 is 14.8 Å². The molecule has 1 aliphatic carbocycles. The number of anilines is 1. The van der Waals surface area contributed by atoms with Crippen molar-refractivity contribution in [1.29, 1.82) is 0 Å². The lowest BCUT2D eigenvalue weighted by atomic mass is 9.98. The third-order valence-electron chi connectivity index (χ3n) is 4.42. The normalized spacial score (nSPS) is 16.8. The molecule has 0 saturated heterocycles. The molecular formula is C20H31NO3. The van der Waals surface area contributed by atoms with Gasteiger partial charge in [0.05, 0.1) is 6.61 Å². The molecule has 1 N–H and O–H groups in total. The fourth-order valence-corrected chi connectivity index (χ4v) is 2.72. The molecular weight excluding hydrogens is 302 g/mol. The van der Waals surface area contributed by atoms with Crippen LogP contribution in [-0.4, -0.2) is 24.7 Å². The first-order valence-electron chi connectivity index (χ1n) is 9.05. The molecule has 1 atom stereocenters. The first kappa shape index (κ1) is 18.8. The summed E-state index contributed by atoms with van der Waals surface area (Å²) in [5, 5.41) is 3.03. The molecule has 0 spiro atoms. The van der Waals surface area contributed by atoms with E-state index >= 15 is 0 Å². The number of carbonyl (C=O) groups is 1. The lowest BCUT2D eigenvalue weighted by molar-refractivity contribution is -0.142. The highest BCUT2D eigenvalue weighted by molar-refractivity contribution is 5.97. The summed E-state index contributed by atoms with van der Waals surface area (Å²) in [6, 6.07) is 5.78. The van der Waals surface area contributed by atoms with Gasteiger partial charge in [0.1, 0.15) is 11.4 Å². The molecule has 1 aromatic carbocycles. The van der Waals surface area contributed by atoms with Gasteiger partial charge in [0.2, 0.25) is 0 Å². The molecule has 1 aliphatic rings. The summed E-state index contributed by atoms with van der Waals surface area (Å²) in [7, 11) is 0. The molecule has 2 rings (SSSR count). The van der Waals surface area contributed by atoms with E-state index in [-0.39, 0.29) is 5.91 Å². The second kappa shape index (κ2) is 8.02. The molecule has 0 bridgehead atoms. The molecule has 1 unspecified atom stereocenters. The number of aryl methyl sites for hydroxylation is 1. The Balaban J connectivity index is 2.03. The second-order valence-electron chi connectivity index (χ2n) is 7.37. The number of hydrogen-bond acceptors (Lipinski definition) is 3. The van der Waals surface area contributed by atoms with Crippen LogP contribution in [-0.2, 0) is 9.53 Å². The molecule has 1 fully saturated rings. The Labute approximate surface area is 145 Å². The van der Waals surface area contributed by atoms with Crippen LogP contribution in [0.25, 0.3) is 0 Å². The van der Waals surface area contributed by atoms with Gasteiger partial charge in [-0.25, -0.2) is 0 Å². The van der Waals surface area contributed by atoms with Crippen molar-refractivity contribution in [2.45, 2.75) is 59.5 Å². The lowest BCUT2D eigenvalue weighted by Gasteiger charge is -2.28. The van der Waals surface area contributed by atoms with Gasteiger partial charge in [-0.15, -0.1) is 0 Å². The van der Waals surface area contributed by atoms with Crippen LogP contribution in [0.4, 0.5) is 5.69 Å². The van der Waals surface area contributed by atoms with Crippen molar-refractivity contribution in [1.82, 2.24) is 0 Å². The molecule has 0 aliphatic heterocycles. The number of rotatable bonds is 9. The van der Waals surface area contributed by atoms with Gasteiger partial charge in [-0.2, -0.15) is 0 Å². The fourth-order valence-electron chi connectivity index (χ4n) is 2.72. The Morgan fingerprint density at radius 3 is 2.62 bits per heavy atom. The number of ether oxygens (including phenoxy) is 2. The Morgan fingerprint density at radius 1 is 1.38 bits per heavy atom. The molecule has 1 saturated carbocycles. The first-order chi connectivity index (χ1) is 11.4. The summed E-state index contributed by atoms with van der Waals surface area (Å²) < 4.78 is 11.7. The van der Waals surface area contributed by atoms with Gasteiger partial charge >= 0.3 is 0 Å². The van der Waals surface area contributed by atoms with Crippen LogP contribution in [0.2, 0.25) is 0 Å². The highest BCUT2D eigenvalue weighted by Gasteiger charge is 2.48. The largest absolute Gasteiger partial charge is 0.493 e. The molecule has 0 heterocycles. The Hall–Kier alpha value is -1.55. The van der Waals surface area contributed by atoms with Gasteiger partial charge in [0.15, 0.2) is 0 Å². The van der Waals surface area contributed by atoms with E-state index < -0.39 is 5.60 Å². The predicted molar refractivity (Wildman–Crippen MR) is 97.5 cm³/mol. The van der Waals surface area contributed by atoms with Gasteiger partial charge in [0.25, 0.3) is 5.91 Å². The van der Waals surface area contributed by atoms with Gasteiger partial charge in [0, 0.05) is 12.3 Å². The Morgan fingerprint density at radius 2 is 2.08 bits per heavy atom. The first-order valence-corrected chi connectivity index (χ1v) is 9.05. The molecule has 0 aromatic heterocycles. The molecule has 24 heavy (non-hydrogen) atoms. The lowest BCUT2D eigenvalue weighted by Crippen LogP contribution is -2.45. The quantitative estimate of drug-likeness (QED) is 0.720. The highest BCUT2D eigenvalue weighted by Crippen LogP contribution is 2.42. The van der Waals surface area contributed by atoms with Crippen molar-refractivity contribution >= 4 is 11.6 Å². The minimum Gasteiger partial charge on any atom is -0.493 e. The molecule has 1 amide bonds. The smallest absolute Gasteiger partial charge is 0.256 e. The number of benzene rings is 1. The van der Waals surface area contributed by atoms with Gasteiger partial charge in [-0.3, -0.25) is 4.79 Å². The zero-order valence-electron chi connectivity index (χ0n) is 15.6. The van der Waals surface area contributed by atoms with E-state index in [9.17, 15) is 4.79 Å². The SMILES string of the molecule is CCCOC(C)(C(=O)Nc1ccc(OCC(C)C)c(C)c1)C1CC1. The minimum atomic E-state index is -0.725. The van der Waals surface area contributed by atoms with Crippen LogP contribution < -0.4 is 10.1 Å². The molecule has 134 valence electrons. The average Bonchev–Trinajstić information content (AvgIpc) is 3.36. The minimum absolute atomic E-state index is 0.0475. The average molecular weight is 333 g/mol. The van der Waals surface area contributed by atoms with E-state index in [1.807, 2.05) is 32.0 Å².